The van der Waals surface area contributed by atoms with Crippen LogP contribution in [0.4, 0.5) is 0 Å². The molecular weight excluding hydrogens is 1330 g/mol. The van der Waals surface area contributed by atoms with Gasteiger partial charge in [-0.15, -0.1) is 0 Å². The van der Waals surface area contributed by atoms with Crippen molar-refractivity contribution < 1.29 is 80.2 Å². The second-order valence-corrected chi connectivity index (χ2v) is 33.7. The van der Waals surface area contributed by atoms with Gasteiger partial charge in [-0.05, 0) is 37.5 Å². The predicted molar refractivity (Wildman–Crippen MR) is 418 cm³/mol. The number of esters is 4. The average Bonchev–Trinajstić information content (AvgIpc) is 0.933. The minimum atomic E-state index is -4.96. The highest BCUT2D eigenvalue weighted by Gasteiger charge is 2.30. The monoisotopic (exact) mass is 1490 g/mol. The second-order valence-electron chi connectivity index (χ2n) is 30.8. The van der Waals surface area contributed by atoms with Crippen LogP contribution in [0, 0.1) is 11.8 Å². The Kier molecular flexibility index (Phi) is 73.1. The van der Waals surface area contributed by atoms with Gasteiger partial charge in [-0.25, -0.2) is 9.13 Å². The molecule has 606 valence electrons. The largest absolute Gasteiger partial charge is 0.472 e. The summed E-state index contributed by atoms with van der Waals surface area (Å²) in [4.78, 5) is 73.1. The summed E-state index contributed by atoms with van der Waals surface area (Å²) in [6.07, 6.45) is 65.5. The van der Waals surface area contributed by atoms with Crippen LogP contribution in [0.5, 0.6) is 0 Å². The van der Waals surface area contributed by atoms with Gasteiger partial charge < -0.3 is 33.8 Å². The molecule has 2 unspecified atom stereocenters. The number of rotatable bonds is 82. The number of phosphoric acid groups is 2. The summed E-state index contributed by atoms with van der Waals surface area (Å²) in [7, 11) is -9.92. The van der Waals surface area contributed by atoms with Crippen molar-refractivity contribution in [1.29, 1.82) is 0 Å². The Morgan fingerprint density at radius 1 is 0.265 bits per heavy atom. The molecule has 17 nitrogen and oxygen atoms in total. The van der Waals surface area contributed by atoms with Crippen LogP contribution in [0.25, 0.3) is 0 Å². The second kappa shape index (κ2) is 74.5. The first-order valence-electron chi connectivity index (χ1n) is 43.0. The molecular formula is C83H162O17P2. The summed E-state index contributed by atoms with van der Waals surface area (Å²) < 4.78 is 68.8. The van der Waals surface area contributed by atoms with Crippen molar-refractivity contribution in [1.82, 2.24) is 0 Å². The highest BCUT2D eigenvalue weighted by molar-refractivity contribution is 7.47. The third kappa shape index (κ3) is 76.3. The lowest BCUT2D eigenvalue weighted by Gasteiger charge is -2.21. The van der Waals surface area contributed by atoms with E-state index in [0.717, 1.165) is 102 Å². The van der Waals surface area contributed by atoms with Crippen LogP contribution in [0.1, 0.15) is 440 Å². The maximum atomic E-state index is 13.1. The van der Waals surface area contributed by atoms with Crippen molar-refractivity contribution >= 4 is 39.5 Å². The van der Waals surface area contributed by atoms with Crippen molar-refractivity contribution in [2.45, 2.75) is 458 Å². The van der Waals surface area contributed by atoms with Crippen LogP contribution < -0.4 is 0 Å². The van der Waals surface area contributed by atoms with E-state index in [4.69, 9.17) is 37.0 Å². The van der Waals surface area contributed by atoms with E-state index in [9.17, 15) is 43.2 Å². The lowest BCUT2D eigenvalue weighted by molar-refractivity contribution is -0.161. The van der Waals surface area contributed by atoms with E-state index in [1.807, 2.05) is 0 Å². The number of carbonyl (C=O) groups is 4. The van der Waals surface area contributed by atoms with E-state index in [-0.39, 0.29) is 25.7 Å². The molecule has 102 heavy (non-hydrogen) atoms. The highest BCUT2D eigenvalue weighted by atomic mass is 31.2. The lowest BCUT2D eigenvalue weighted by atomic mass is 10.0. The summed E-state index contributed by atoms with van der Waals surface area (Å²) in [6.45, 7) is 9.58. The molecule has 0 rings (SSSR count). The van der Waals surface area contributed by atoms with Gasteiger partial charge in [0.05, 0.1) is 26.4 Å². The van der Waals surface area contributed by atoms with Crippen LogP contribution in [-0.2, 0) is 65.4 Å². The summed E-state index contributed by atoms with van der Waals surface area (Å²) in [5, 5.41) is 10.6. The van der Waals surface area contributed by atoms with Gasteiger partial charge >= 0.3 is 39.5 Å². The van der Waals surface area contributed by atoms with E-state index in [1.165, 1.54) is 257 Å². The number of aliphatic hydroxyl groups is 1. The summed E-state index contributed by atoms with van der Waals surface area (Å²) >= 11 is 0. The summed E-state index contributed by atoms with van der Waals surface area (Å²) in [5.74, 6) is -0.646. The molecule has 0 saturated heterocycles. The molecule has 0 fully saturated rings. The molecule has 3 N–H and O–H groups in total. The number of carbonyl (C=O) groups excluding carboxylic acids is 4. The normalized spacial score (nSPS) is 13.9. The molecule has 0 saturated carbocycles. The lowest BCUT2D eigenvalue weighted by Crippen LogP contribution is -2.30. The quantitative estimate of drug-likeness (QED) is 0.0222. The van der Waals surface area contributed by atoms with Crippen molar-refractivity contribution in [3.63, 3.8) is 0 Å². The number of unbranched alkanes of at least 4 members (excludes halogenated alkanes) is 52. The van der Waals surface area contributed by atoms with Crippen LogP contribution in [-0.4, -0.2) is 96.7 Å². The van der Waals surface area contributed by atoms with Crippen molar-refractivity contribution in [2.75, 3.05) is 39.6 Å². The van der Waals surface area contributed by atoms with Crippen molar-refractivity contribution in [3.05, 3.63) is 0 Å². The minimum Gasteiger partial charge on any atom is -0.462 e. The summed E-state index contributed by atoms with van der Waals surface area (Å²) in [6, 6.07) is 0. The molecule has 0 aliphatic carbocycles. The Morgan fingerprint density at radius 3 is 0.667 bits per heavy atom. The van der Waals surface area contributed by atoms with Gasteiger partial charge in [0.25, 0.3) is 0 Å². The zero-order chi connectivity index (χ0) is 74.9. The summed E-state index contributed by atoms with van der Waals surface area (Å²) in [5.41, 5.74) is 0. The highest BCUT2D eigenvalue weighted by Crippen LogP contribution is 2.45. The fraction of sp³-hybridized carbons (Fsp3) is 0.952. The maximum Gasteiger partial charge on any atom is 0.472 e. The van der Waals surface area contributed by atoms with Gasteiger partial charge in [-0.1, -0.05) is 388 Å². The molecule has 0 aromatic rings. The third-order valence-corrected chi connectivity index (χ3v) is 21.4. The Balaban J connectivity index is 5.22. The zero-order valence-electron chi connectivity index (χ0n) is 66.9. The van der Waals surface area contributed by atoms with Gasteiger partial charge in [-0.2, -0.15) is 0 Å². The van der Waals surface area contributed by atoms with Gasteiger partial charge in [0.2, 0.25) is 0 Å². The maximum absolute atomic E-state index is 13.1. The molecule has 0 aliphatic rings. The molecule has 0 aromatic carbocycles. The number of hydrogen-bond acceptors (Lipinski definition) is 15. The van der Waals surface area contributed by atoms with Crippen molar-refractivity contribution in [3.8, 4) is 0 Å². The zero-order valence-corrected chi connectivity index (χ0v) is 68.7. The molecule has 0 spiro atoms. The molecule has 0 aromatic heterocycles. The topological polar surface area (TPSA) is 237 Å². The molecule has 0 heterocycles. The SMILES string of the molecule is CCCCCCCCCCCCCCCCCCCCCCCC(=O)O[C@H](COC(=O)CCCCCCCCCCCCCCCCCCCC)COP(=O)(O)OC[C@@H](O)COP(=O)(O)OC[C@@H](COC(=O)CCCCCCCCCCC(C)C)OC(=O)CCCCCCCCCCCC(C)C. The first kappa shape index (κ1) is 100. The molecule has 0 radical (unpaired) electrons. The third-order valence-electron chi connectivity index (χ3n) is 19.5. The molecule has 0 bridgehead atoms. The Labute approximate surface area is 626 Å². The molecule has 5 atom stereocenters. The van der Waals surface area contributed by atoms with E-state index in [1.54, 1.807) is 0 Å². The molecule has 0 aliphatic heterocycles. The number of phosphoric ester groups is 2. The van der Waals surface area contributed by atoms with Gasteiger partial charge in [0.1, 0.15) is 19.3 Å². The Hall–Kier alpha value is -1.94. The minimum absolute atomic E-state index is 0.105. The Morgan fingerprint density at radius 2 is 0.451 bits per heavy atom. The van der Waals surface area contributed by atoms with Gasteiger partial charge in [0, 0.05) is 25.7 Å². The number of aliphatic hydroxyl groups excluding tert-OH is 1. The first-order valence-corrected chi connectivity index (χ1v) is 46.0. The fourth-order valence-corrected chi connectivity index (χ4v) is 14.5. The first-order chi connectivity index (χ1) is 49.4. The van der Waals surface area contributed by atoms with Crippen LogP contribution >= 0.6 is 15.6 Å². The van der Waals surface area contributed by atoms with Crippen LogP contribution in [0.2, 0.25) is 0 Å². The fourth-order valence-electron chi connectivity index (χ4n) is 12.9. The van der Waals surface area contributed by atoms with E-state index in [0.29, 0.717) is 25.7 Å². The molecule has 0 amide bonds. The van der Waals surface area contributed by atoms with Gasteiger partial charge in [0.15, 0.2) is 12.2 Å². The smallest absolute Gasteiger partial charge is 0.462 e. The molecule has 19 heteroatoms. The van der Waals surface area contributed by atoms with Gasteiger partial charge in [-0.3, -0.25) is 37.3 Å². The Bertz CT molecular complexity index is 1960. The van der Waals surface area contributed by atoms with E-state index < -0.39 is 97.5 Å². The standard InChI is InChI=1S/C83H162O17P2/c1-7-9-11-13-15-17-19-21-23-25-27-28-29-31-33-35-37-41-49-55-61-67-82(87)99-78(71-93-80(85)65-59-53-47-40-36-34-32-30-26-24-22-20-18-16-14-12-10-8-2)73-97-101(89,90)95-69-77(84)70-96-102(91,92)98-74-79(72-94-81(86)66-60-54-48-44-43-46-52-58-64-76(5)6)100-83(88)68-62-56-50-42-38-39-45-51-57-63-75(3)4/h75-79,84H,7-74H2,1-6H3,(H,89,90)(H,91,92)/t77-,78-,79-/m1/s1. The van der Waals surface area contributed by atoms with Crippen LogP contribution in [0.15, 0.2) is 0 Å². The van der Waals surface area contributed by atoms with E-state index in [2.05, 4.69) is 41.5 Å². The number of hydrogen-bond donors (Lipinski definition) is 3. The van der Waals surface area contributed by atoms with E-state index >= 15 is 0 Å². The predicted octanol–water partition coefficient (Wildman–Crippen LogP) is 25.1. The van der Waals surface area contributed by atoms with Crippen molar-refractivity contribution in [2.24, 2.45) is 11.8 Å². The van der Waals surface area contributed by atoms with Crippen LogP contribution in [0.3, 0.4) is 0 Å². The average molecular weight is 1490 g/mol. The number of ether oxygens (including phenoxy) is 4.